The first-order valence-electron chi connectivity index (χ1n) is 8.84. The van der Waals surface area contributed by atoms with Gasteiger partial charge in [-0.25, -0.2) is 0 Å². The van der Waals surface area contributed by atoms with Gasteiger partial charge in [-0.05, 0) is 43.4 Å². The van der Waals surface area contributed by atoms with Crippen LogP contribution in [-0.4, -0.2) is 32.2 Å². The van der Waals surface area contributed by atoms with Gasteiger partial charge in [-0.1, -0.05) is 37.6 Å². The van der Waals surface area contributed by atoms with Crippen LogP contribution in [0.2, 0.25) is 5.02 Å². The molecule has 1 heterocycles. The van der Waals surface area contributed by atoms with E-state index in [0.29, 0.717) is 26.3 Å². The van der Waals surface area contributed by atoms with E-state index in [0.717, 1.165) is 30.7 Å². The fourth-order valence-electron chi connectivity index (χ4n) is 3.54. The minimum absolute atomic E-state index is 0.0582. The van der Waals surface area contributed by atoms with Gasteiger partial charge >= 0.3 is 0 Å². The van der Waals surface area contributed by atoms with E-state index < -0.39 is 5.41 Å². The van der Waals surface area contributed by atoms with Crippen LogP contribution < -0.4 is 11.1 Å². The van der Waals surface area contributed by atoms with Gasteiger partial charge in [-0.15, -0.1) is 0 Å². The average Bonchev–Trinajstić information content (AvgIpc) is 2.63. The van der Waals surface area contributed by atoms with E-state index >= 15 is 0 Å². The molecule has 1 aromatic carbocycles. The van der Waals surface area contributed by atoms with Gasteiger partial charge in [0.25, 0.3) is 0 Å². The highest BCUT2D eigenvalue weighted by Gasteiger charge is 2.38. The monoisotopic (exact) mass is 352 g/mol. The molecule has 0 saturated carbocycles. The number of benzene rings is 1. The van der Waals surface area contributed by atoms with E-state index in [1.165, 1.54) is 5.56 Å². The Morgan fingerprint density at radius 2 is 2.00 bits per heavy atom. The summed E-state index contributed by atoms with van der Waals surface area (Å²) in [6, 6.07) is 7.96. The summed E-state index contributed by atoms with van der Waals surface area (Å²) in [5.41, 5.74) is 6.48. The molecule has 1 amide bonds. The Labute approximate surface area is 150 Å². The van der Waals surface area contributed by atoms with Gasteiger partial charge in [0.2, 0.25) is 5.91 Å². The third kappa shape index (κ3) is 3.93. The van der Waals surface area contributed by atoms with Crippen molar-refractivity contribution in [1.29, 1.82) is 0 Å². The molecule has 1 aliphatic heterocycles. The van der Waals surface area contributed by atoms with E-state index in [4.69, 9.17) is 22.1 Å². The molecule has 4 nitrogen and oxygen atoms in total. The van der Waals surface area contributed by atoms with Gasteiger partial charge in [-0.3, -0.25) is 4.79 Å². The van der Waals surface area contributed by atoms with Gasteiger partial charge < -0.3 is 15.8 Å². The van der Waals surface area contributed by atoms with Gasteiger partial charge in [-0.2, -0.15) is 0 Å². The van der Waals surface area contributed by atoms with Gasteiger partial charge in [0, 0.05) is 36.7 Å². The fraction of sp³-hybridized carbons (Fsp3) is 0.632. The minimum Gasteiger partial charge on any atom is -0.381 e. The Hall–Kier alpha value is -1.10. The molecule has 1 aliphatic rings. The second kappa shape index (κ2) is 8.32. The topological polar surface area (TPSA) is 64.4 Å². The number of rotatable bonds is 7. The summed E-state index contributed by atoms with van der Waals surface area (Å²) in [6.07, 6.45) is 3.25. The van der Waals surface area contributed by atoms with Gasteiger partial charge in [0.05, 0.1) is 5.41 Å². The van der Waals surface area contributed by atoms with E-state index in [-0.39, 0.29) is 11.3 Å². The molecule has 0 bridgehead atoms. The first-order chi connectivity index (χ1) is 11.5. The quantitative estimate of drug-likeness (QED) is 0.791. The highest BCUT2D eigenvalue weighted by molar-refractivity contribution is 6.30. The standard InChI is InChI=1S/C19H29ClN2O2/c1-3-18(4-2,13-21)17(23)22-14-19(8-10-24-11-9-19)15-6-5-7-16(20)12-15/h5-7,12H,3-4,8-11,13-14,21H2,1-2H3,(H,22,23). The van der Waals surface area contributed by atoms with Crippen LogP contribution >= 0.6 is 11.6 Å². The molecule has 1 saturated heterocycles. The van der Waals surface area contributed by atoms with Crippen LogP contribution in [-0.2, 0) is 14.9 Å². The maximum atomic E-state index is 12.8. The number of nitrogens with one attached hydrogen (secondary N) is 1. The second-order valence-corrected chi connectivity index (χ2v) is 7.21. The predicted molar refractivity (Wildman–Crippen MR) is 98.3 cm³/mol. The molecule has 0 radical (unpaired) electrons. The molecular formula is C19H29ClN2O2. The molecule has 0 spiro atoms. The lowest BCUT2D eigenvalue weighted by Crippen LogP contribution is -2.51. The SMILES string of the molecule is CCC(CC)(CN)C(=O)NCC1(c2cccc(Cl)c2)CCOCC1. The maximum absolute atomic E-state index is 12.8. The van der Waals surface area contributed by atoms with Crippen LogP contribution in [0, 0.1) is 5.41 Å². The normalized spacial score (nSPS) is 17.5. The van der Waals surface area contributed by atoms with Crippen molar-refractivity contribution in [2.75, 3.05) is 26.3 Å². The molecule has 0 unspecified atom stereocenters. The van der Waals surface area contributed by atoms with Crippen molar-refractivity contribution >= 4 is 17.5 Å². The van der Waals surface area contributed by atoms with Crippen molar-refractivity contribution in [2.24, 2.45) is 11.1 Å². The first kappa shape index (κ1) is 19.2. The summed E-state index contributed by atoms with van der Waals surface area (Å²) < 4.78 is 5.55. The van der Waals surface area contributed by atoms with E-state index in [2.05, 4.69) is 11.4 Å². The average molecular weight is 353 g/mol. The molecule has 0 aromatic heterocycles. The Bertz CT molecular complexity index is 544. The summed E-state index contributed by atoms with van der Waals surface area (Å²) >= 11 is 6.19. The van der Waals surface area contributed by atoms with Gasteiger partial charge in [0.1, 0.15) is 0 Å². The summed E-state index contributed by atoms with van der Waals surface area (Å²) in [4.78, 5) is 12.8. The number of amides is 1. The highest BCUT2D eigenvalue weighted by Crippen LogP contribution is 2.36. The molecule has 134 valence electrons. The minimum atomic E-state index is -0.472. The maximum Gasteiger partial charge on any atom is 0.227 e. The zero-order valence-corrected chi connectivity index (χ0v) is 15.5. The summed E-state index contributed by atoms with van der Waals surface area (Å²) in [5.74, 6) is 0.0582. The summed E-state index contributed by atoms with van der Waals surface area (Å²) in [6.45, 7) is 6.42. The third-order valence-electron chi connectivity index (χ3n) is 5.70. The number of carbonyl (C=O) groups excluding carboxylic acids is 1. The highest BCUT2D eigenvalue weighted by atomic mass is 35.5. The molecule has 1 fully saturated rings. The zero-order valence-electron chi connectivity index (χ0n) is 14.7. The number of nitrogens with two attached hydrogens (primary N) is 1. The third-order valence-corrected chi connectivity index (χ3v) is 5.94. The van der Waals surface area contributed by atoms with Crippen molar-refractivity contribution < 1.29 is 9.53 Å². The van der Waals surface area contributed by atoms with Crippen LogP contribution in [0.5, 0.6) is 0 Å². The van der Waals surface area contributed by atoms with Crippen molar-refractivity contribution in [3.8, 4) is 0 Å². The summed E-state index contributed by atoms with van der Waals surface area (Å²) in [5, 5.41) is 3.91. The Balaban J connectivity index is 2.20. The Kier molecular flexibility index (Phi) is 6.67. The van der Waals surface area contributed by atoms with Crippen LogP contribution in [0.4, 0.5) is 0 Å². The molecular weight excluding hydrogens is 324 g/mol. The Morgan fingerprint density at radius 1 is 1.33 bits per heavy atom. The molecule has 0 atom stereocenters. The van der Waals surface area contributed by atoms with Crippen LogP contribution in [0.1, 0.15) is 45.1 Å². The van der Waals surface area contributed by atoms with E-state index in [1.807, 2.05) is 32.0 Å². The lowest BCUT2D eigenvalue weighted by molar-refractivity contribution is -0.131. The van der Waals surface area contributed by atoms with Crippen LogP contribution in [0.3, 0.4) is 0 Å². The number of carbonyl (C=O) groups is 1. The van der Waals surface area contributed by atoms with E-state index in [9.17, 15) is 4.79 Å². The van der Waals surface area contributed by atoms with Crippen LogP contribution in [0.25, 0.3) is 0 Å². The van der Waals surface area contributed by atoms with Crippen molar-refractivity contribution in [1.82, 2.24) is 5.32 Å². The lowest BCUT2D eigenvalue weighted by Gasteiger charge is -2.39. The predicted octanol–water partition coefficient (Wildman–Crippen LogP) is 3.27. The Morgan fingerprint density at radius 3 is 2.54 bits per heavy atom. The summed E-state index contributed by atoms with van der Waals surface area (Å²) in [7, 11) is 0. The van der Waals surface area contributed by atoms with E-state index in [1.54, 1.807) is 0 Å². The molecule has 1 aromatic rings. The van der Waals surface area contributed by atoms with Gasteiger partial charge in [0.15, 0.2) is 0 Å². The van der Waals surface area contributed by atoms with Crippen molar-refractivity contribution in [3.05, 3.63) is 34.9 Å². The number of hydrogen-bond acceptors (Lipinski definition) is 3. The van der Waals surface area contributed by atoms with Crippen LogP contribution in [0.15, 0.2) is 24.3 Å². The fourth-order valence-corrected chi connectivity index (χ4v) is 3.73. The molecule has 24 heavy (non-hydrogen) atoms. The first-order valence-corrected chi connectivity index (χ1v) is 9.22. The van der Waals surface area contributed by atoms with Crippen molar-refractivity contribution in [3.63, 3.8) is 0 Å². The molecule has 2 rings (SSSR count). The molecule has 5 heteroatoms. The number of halogens is 1. The second-order valence-electron chi connectivity index (χ2n) is 6.78. The largest absolute Gasteiger partial charge is 0.381 e. The molecule has 3 N–H and O–H groups in total. The zero-order chi connectivity index (χ0) is 17.6. The lowest BCUT2D eigenvalue weighted by atomic mass is 9.73. The van der Waals surface area contributed by atoms with Crippen molar-refractivity contribution in [2.45, 2.75) is 44.9 Å². The molecule has 0 aliphatic carbocycles. The number of ether oxygens (including phenoxy) is 1. The smallest absolute Gasteiger partial charge is 0.227 e. The number of hydrogen-bond donors (Lipinski definition) is 2.